The first kappa shape index (κ1) is 23.4. The first-order valence-corrected chi connectivity index (χ1v) is 10.8. The average molecular weight is 432 g/mol. The monoisotopic (exact) mass is 431 g/mol. The van der Waals surface area contributed by atoms with Gasteiger partial charge in [-0.25, -0.2) is 0 Å². The van der Waals surface area contributed by atoms with Crippen LogP contribution in [0.15, 0.2) is 91.0 Å². The molecule has 0 radical (unpaired) electrons. The zero-order valence-corrected chi connectivity index (χ0v) is 18.2. The van der Waals surface area contributed by atoms with E-state index in [2.05, 4.69) is 41.7 Å². The normalized spacial score (nSPS) is 12.3. The van der Waals surface area contributed by atoms with Crippen molar-refractivity contribution in [3.05, 3.63) is 108 Å². The molecule has 0 bridgehead atoms. The van der Waals surface area contributed by atoms with Gasteiger partial charge in [-0.2, -0.15) is 0 Å². The molecule has 0 fully saturated rings. The quantitative estimate of drug-likeness (QED) is 0.255. The number of carboxylic acid groups (broad SMARTS) is 1. The molecule has 1 atom stereocenters. The van der Waals surface area contributed by atoms with E-state index >= 15 is 0 Å². The molecule has 3 aromatic carbocycles. The van der Waals surface area contributed by atoms with Crippen molar-refractivity contribution in [3.63, 3.8) is 0 Å². The van der Waals surface area contributed by atoms with Crippen molar-refractivity contribution in [1.82, 2.24) is 5.32 Å². The summed E-state index contributed by atoms with van der Waals surface area (Å²) in [5.41, 5.74) is 2.66. The summed E-state index contributed by atoms with van der Waals surface area (Å²) in [4.78, 5) is 23.3. The Morgan fingerprint density at radius 1 is 0.844 bits per heavy atom. The summed E-state index contributed by atoms with van der Waals surface area (Å²) < 4.78 is 5.56. The van der Waals surface area contributed by atoms with Gasteiger partial charge < -0.3 is 9.84 Å². The summed E-state index contributed by atoms with van der Waals surface area (Å²) in [7, 11) is 0. The first-order chi connectivity index (χ1) is 15.6. The Kier molecular flexibility index (Phi) is 8.31. The number of carbonyl (C=O) groups excluding carboxylic acids is 1. The van der Waals surface area contributed by atoms with Crippen molar-refractivity contribution < 1.29 is 19.4 Å². The summed E-state index contributed by atoms with van der Waals surface area (Å²) >= 11 is 0. The lowest BCUT2D eigenvalue weighted by Gasteiger charge is -2.37. The Morgan fingerprint density at radius 3 is 1.66 bits per heavy atom. The maximum atomic E-state index is 12.1. The van der Waals surface area contributed by atoms with Crippen LogP contribution >= 0.6 is 0 Å². The van der Waals surface area contributed by atoms with Gasteiger partial charge in [-0.15, -0.1) is 0 Å². The summed E-state index contributed by atoms with van der Waals surface area (Å²) in [6, 6.07) is 30.6. The molecule has 0 aromatic heterocycles. The molecule has 0 amide bonds. The van der Waals surface area contributed by atoms with Gasteiger partial charge in [-0.05, 0) is 23.1 Å². The van der Waals surface area contributed by atoms with Crippen molar-refractivity contribution >= 4 is 11.8 Å². The number of carbonyl (C=O) groups is 2. The van der Waals surface area contributed by atoms with E-state index in [1.165, 1.54) is 0 Å². The van der Waals surface area contributed by atoms with Crippen molar-refractivity contribution in [3.8, 4) is 0 Å². The van der Waals surface area contributed by atoms with Gasteiger partial charge in [0, 0.05) is 6.54 Å². The van der Waals surface area contributed by atoms with Crippen LogP contribution in [0.25, 0.3) is 0 Å². The minimum Gasteiger partial charge on any atom is -0.481 e. The van der Waals surface area contributed by atoms with Gasteiger partial charge in [-0.3, -0.25) is 14.9 Å². The van der Waals surface area contributed by atoms with Gasteiger partial charge in [-0.1, -0.05) is 97.9 Å². The number of benzene rings is 3. The SMILES string of the molecule is CCC(C(=O)O)C(=O)COCCNC(c1ccccc1)(c1ccccc1)c1ccccc1. The molecule has 32 heavy (non-hydrogen) atoms. The van der Waals surface area contributed by atoms with E-state index in [1.54, 1.807) is 6.92 Å². The van der Waals surface area contributed by atoms with E-state index in [0.717, 1.165) is 16.7 Å². The third-order valence-corrected chi connectivity index (χ3v) is 5.60. The minimum atomic E-state index is -1.10. The molecule has 0 saturated heterocycles. The van der Waals surface area contributed by atoms with Gasteiger partial charge >= 0.3 is 5.97 Å². The largest absolute Gasteiger partial charge is 0.481 e. The Balaban J connectivity index is 1.83. The number of carboxylic acids is 1. The van der Waals surface area contributed by atoms with Crippen molar-refractivity contribution in [2.24, 2.45) is 5.92 Å². The van der Waals surface area contributed by atoms with Crippen LogP contribution in [0, 0.1) is 5.92 Å². The maximum Gasteiger partial charge on any atom is 0.314 e. The third-order valence-electron chi connectivity index (χ3n) is 5.60. The van der Waals surface area contributed by atoms with Crippen LogP contribution in [0.1, 0.15) is 30.0 Å². The van der Waals surface area contributed by atoms with Crippen LogP contribution in [-0.2, 0) is 19.9 Å². The summed E-state index contributed by atoms with van der Waals surface area (Å²) in [5.74, 6) is -2.52. The van der Waals surface area contributed by atoms with Crippen LogP contribution in [0.4, 0.5) is 0 Å². The fraction of sp³-hybridized carbons (Fsp3) is 0.259. The highest BCUT2D eigenvalue weighted by atomic mass is 16.5. The number of nitrogens with one attached hydrogen (secondary N) is 1. The van der Waals surface area contributed by atoms with Crippen LogP contribution in [0.3, 0.4) is 0 Å². The molecule has 1 unspecified atom stereocenters. The van der Waals surface area contributed by atoms with Crippen molar-refractivity contribution in [2.45, 2.75) is 18.9 Å². The zero-order valence-electron chi connectivity index (χ0n) is 18.2. The number of Topliss-reactive ketones (excluding diaryl/α,β-unsaturated/α-hetero) is 1. The molecular weight excluding hydrogens is 402 g/mol. The second-order valence-electron chi connectivity index (χ2n) is 7.59. The van der Waals surface area contributed by atoms with E-state index in [4.69, 9.17) is 9.84 Å². The lowest BCUT2D eigenvalue weighted by Crippen LogP contribution is -2.46. The maximum absolute atomic E-state index is 12.1. The van der Waals surface area contributed by atoms with E-state index in [0.29, 0.717) is 6.54 Å². The molecule has 0 aliphatic rings. The fourth-order valence-corrected chi connectivity index (χ4v) is 3.99. The smallest absolute Gasteiger partial charge is 0.314 e. The number of hydrogen-bond acceptors (Lipinski definition) is 4. The van der Waals surface area contributed by atoms with Gasteiger partial charge in [0.25, 0.3) is 0 Å². The lowest BCUT2D eigenvalue weighted by molar-refractivity contribution is -0.147. The number of ketones is 1. The van der Waals surface area contributed by atoms with Crippen LogP contribution in [0.2, 0.25) is 0 Å². The zero-order chi connectivity index (χ0) is 22.8. The van der Waals surface area contributed by atoms with Gasteiger partial charge in [0.1, 0.15) is 12.5 Å². The Morgan fingerprint density at radius 2 is 1.28 bits per heavy atom. The molecule has 5 heteroatoms. The molecule has 0 spiro atoms. The molecular formula is C27H29NO4. The molecule has 0 heterocycles. The van der Waals surface area contributed by atoms with E-state index in [1.807, 2.05) is 54.6 Å². The van der Waals surface area contributed by atoms with Crippen LogP contribution in [-0.4, -0.2) is 36.6 Å². The van der Waals surface area contributed by atoms with Crippen LogP contribution < -0.4 is 5.32 Å². The van der Waals surface area contributed by atoms with Crippen LogP contribution in [0.5, 0.6) is 0 Å². The molecule has 3 aromatic rings. The van der Waals surface area contributed by atoms with Gasteiger partial charge in [0.05, 0.1) is 12.1 Å². The molecule has 2 N–H and O–H groups in total. The predicted molar refractivity (Wildman–Crippen MR) is 124 cm³/mol. The summed E-state index contributed by atoms with van der Waals surface area (Å²) in [6.07, 6.45) is 0.259. The van der Waals surface area contributed by atoms with Crippen molar-refractivity contribution in [1.29, 1.82) is 0 Å². The van der Waals surface area contributed by atoms with E-state index in [9.17, 15) is 9.59 Å². The van der Waals surface area contributed by atoms with Gasteiger partial charge in [0.2, 0.25) is 0 Å². The number of ether oxygens (including phenoxy) is 1. The summed E-state index contributed by atoms with van der Waals surface area (Å²) in [6.45, 7) is 2.22. The fourth-order valence-electron chi connectivity index (χ4n) is 3.99. The lowest BCUT2D eigenvalue weighted by atomic mass is 9.77. The summed E-state index contributed by atoms with van der Waals surface area (Å²) in [5, 5.41) is 12.8. The molecule has 5 nitrogen and oxygen atoms in total. The third kappa shape index (κ3) is 5.31. The number of aliphatic carboxylic acids is 1. The molecule has 0 aliphatic carbocycles. The average Bonchev–Trinajstić information content (AvgIpc) is 2.83. The number of hydrogen-bond donors (Lipinski definition) is 2. The van der Waals surface area contributed by atoms with Gasteiger partial charge in [0.15, 0.2) is 5.78 Å². The highest BCUT2D eigenvalue weighted by Gasteiger charge is 2.35. The number of rotatable bonds is 12. The Labute approximate surface area is 189 Å². The molecule has 0 aliphatic heterocycles. The predicted octanol–water partition coefficient (Wildman–Crippen LogP) is 4.26. The van der Waals surface area contributed by atoms with E-state index < -0.39 is 23.2 Å². The highest BCUT2D eigenvalue weighted by Crippen LogP contribution is 2.36. The molecule has 166 valence electrons. The molecule has 3 rings (SSSR count). The van der Waals surface area contributed by atoms with E-state index in [-0.39, 0.29) is 19.6 Å². The Hall–Kier alpha value is -3.28. The minimum absolute atomic E-state index is 0.207. The standard InChI is InChI=1S/C27H29NO4/c1-2-24(26(30)31)25(29)20-32-19-18-28-27(21-12-6-3-7-13-21,22-14-8-4-9-15-22)23-16-10-5-11-17-23/h3-17,24,28H,2,18-20H2,1H3,(H,30,31). The second-order valence-corrected chi connectivity index (χ2v) is 7.59. The first-order valence-electron chi connectivity index (χ1n) is 10.8. The van der Waals surface area contributed by atoms with Crippen molar-refractivity contribution in [2.75, 3.05) is 19.8 Å². The Bertz CT molecular complexity index is 893. The topological polar surface area (TPSA) is 75.6 Å². The second kappa shape index (κ2) is 11.4. The molecule has 0 saturated carbocycles. The highest BCUT2D eigenvalue weighted by molar-refractivity contribution is 5.98.